The minimum absolute atomic E-state index is 0.125. The summed E-state index contributed by atoms with van der Waals surface area (Å²) in [5.74, 6) is -3.54. The molecule has 0 spiro atoms. The van der Waals surface area contributed by atoms with Crippen molar-refractivity contribution < 1.29 is 23.1 Å². The molecule has 5 nitrogen and oxygen atoms in total. The van der Waals surface area contributed by atoms with Crippen molar-refractivity contribution in [3.05, 3.63) is 15.6 Å². The van der Waals surface area contributed by atoms with Gasteiger partial charge in [-0.15, -0.1) is 11.3 Å². The lowest BCUT2D eigenvalue weighted by atomic mass is 10.0. The predicted molar refractivity (Wildman–Crippen MR) is 81.8 cm³/mol. The van der Waals surface area contributed by atoms with Gasteiger partial charge < -0.3 is 10.1 Å². The molecule has 0 aliphatic heterocycles. The summed E-state index contributed by atoms with van der Waals surface area (Å²) in [7, 11) is 1.30. The highest BCUT2D eigenvalue weighted by Gasteiger charge is 2.39. The van der Waals surface area contributed by atoms with E-state index >= 15 is 0 Å². The Morgan fingerprint density at radius 1 is 1.48 bits per heavy atom. The number of carbonyl (C=O) groups is 2. The molecular formula is C15H20F2N2O3S. The molecule has 1 saturated carbocycles. The molecule has 1 heterocycles. The number of carbonyl (C=O) groups excluding carboxylic acids is 2. The average Bonchev–Trinajstić information content (AvgIpc) is 3.00. The van der Waals surface area contributed by atoms with Crippen molar-refractivity contribution in [1.82, 2.24) is 10.3 Å². The lowest BCUT2D eigenvalue weighted by Crippen LogP contribution is -2.27. The summed E-state index contributed by atoms with van der Waals surface area (Å²) in [6, 6.07) is 0. The second-order valence-corrected chi connectivity index (χ2v) is 7.06. The van der Waals surface area contributed by atoms with Crippen molar-refractivity contribution in [3.8, 4) is 0 Å². The van der Waals surface area contributed by atoms with Crippen molar-refractivity contribution in [2.24, 2.45) is 5.92 Å². The van der Waals surface area contributed by atoms with Gasteiger partial charge >= 0.3 is 5.97 Å². The number of thiazole rings is 1. The number of nitrogens with one attached hydrogen (secondary N) is 1. The van der Waals surface area contributed by atoms with Crippen molar-refractivity contribution in [1.29, 1.82) is 0 Å². The molecular weight excluding hydrogens is 326 g/mol. The zero-order chi connectivity index (χ0) is 17.0. The van der Waals surface area contributed by atoms with Gasteiger partial charge in [-0.25, -0.2) is 18.6 Å². The van der Waals surface area contributed by atoms with Crippen LogP contribution in [0, 0.1) is 12.8 Å². The van der Waals surface area contributed by atoms with E-state index in [4.69, 9.17) is 0 Å². The molecule has 8 heteroatoms. The summed E-state index contributed by atoms with van der Waals surface area (Å²) in [6.45, 7) is 2.15. The number of aryl methyl sites for hydroxylation is 1. The van der Waals surface area contributed by atoms with E-state index in [-0.39, 0.29) is 31.1 Å². The van der Waals surface area contributed by atoms with Gasteiger partial charge in [0.2, 0.25) is 11.8 Å². The highest BCUT2D eigenvalue weighted by atomic mass is 32.1. The van der Waals surface area contributed by atoms with Crippen molar-refractivity contribution in [2.45, 2.75) is 45.0 Å². The van der Waals surface area contributed by atoms with Crippen LogP contribution >= 0.6 is 11.3 Å². The standard InChI is InChI=1S/C15H20F2N2O3S/c1-9-13(14(21)22-2)19-12(23-9)4-6-18-11(20)7-10-3-5-15(16,17)8-10/h10H,3-8H2,1-2H3,(H,18,20). The Kier molecular flexibility index (Phi) is 5.67. The number of hydrogen-bond donors (Lipinski definition) is 1. The van der Waals surface area contributed by atoms with Crippen molar-refractivity contribution >= 4 is 23.2 Å². The lowest BCUT2D eigenvalue weighted by Gasteiger charge is -2.10. The van der Waals surface area contributed by atoms with E-state index in [1.165, 1.54) is 18.4 Å². The third-order valence-corrected chi connectivity index (χ3v) is 4.89. The maximum atomic E-state index is 13.1. The number of ether oxygens (including phenoxy) is 1. The molecule has 0 aromatic carbocycles. The average molecular weight is 346 g/mol. The molecule has 2 rings (SSSR count). The third kappa shape index (κ3) is 4.95. The van der Waals surface area contributed by atoms with Crippen molar-refractivity contribution in [3.63, 3.8) is 0 Å². The number of hydrogen-bond acceptors (Lipinski definition) is 5. The van der Waals surface area contributed by atoms with Gasteiger partial charge in [0.25, 0.3) is 0 Å². The Bertz CT molecular complexity index is 589. The first-order valence-electron chi connectivity index (χ1n) is 7.50. The van der Waals surface area contributed by atoms with Gasteiger partial charge in [-0.1, -0.05) is 0 Å². The molecule has 1 amide bonds. The molecule has 0 radical (unpaired) electrons. The molecule has 128 valence electrons. The third-order valence-electron chi connectivity index (χ3n) is 3.86. The summed E-state index contributed by atoms with van der Waals surface area (Å²) in [5, 5.41) is 3.46. The number of nitrogens with zero attached hydrogens (tertiary/aromatic N) is 1. The van der Waals surface area contributed by atoms with Gasteiger partial charge in [-0.2, -0.15) is 0 Å². The van der Waals surface area contributed by atoms with Gasteiger partial charge in [0.1, 0.15) is 0 Å². The lowest BCUT2D eigenvalue weighted by molar-refractivity contribution is -0.122. The Hall–Kier alpha value is -1.57. The van der Waals surface area contributed by atoms with E-state index in [1.807, 2.05) is 0 Å². The number of amides is 1. The van der Waals surface area contributed by atoms with Crippen LogP contribution in [0.3, 0.4) is 0 Å². The largest absolute Gasteiger partial charge is 0.464 e. The Balaban J connectivity index is 1.75. The maximum absolute atomic E-state index is 13.1. The molecule has 0 saturated heterocycles. The van der Waals surface area contributed by atoms with E-state index in [1.54, 1.807) is 6.92 Å². The van der Waals surface area contributed by atoms with Gasteiger partial charge in [-0.3, -0.25) is 4.79 Å². The smallest absolute Gasteiger partial charge is 0.357 e. The summed E-state index contributed by atoms with van der Waals surface area (Å²) in [5.41, 5.74) is 0.298. The Morgan fingerprint density at radius 2 is 2.22 bits per heavy atom. The molecule has 1 atom stereocenters. The molecule has 1 aliphatic carbocycles. The molecule has 1 aliphatic rings. The summed E-state index contributed by atoms with van der Waals surface area (Å²) >= 11 is 1.38. The minimum Gasteiger partial charge on any atom is -0.464 e. The molecule has 1 N–H and O–H groups in total. The Morgan fingerprint density at radius 3 is 2.83 bits per heavy atom. The predicted octanol–water partition coefficient (Wildman–Crippen LogP) is 2.72. The number of halogens is 2. The van der Waals surface area contributed by atoms with Crippen LogP contribution in [0.25, 0.3) is 0 Å². The van der Waals surface area contributed by atoms with Crippen LogP contribution in [0.5, 0.6) is 0 Å². The van der Waals surface area contributed by atoms with Gasteiger partial charge in [-0.05, 0) is 19.3 Å². The van der Waals surface area contributed by atoms with Crippen LogP contribution in [0.1, 0.15) is 46.1 Å². The molecule has 1 aromatic heterocycles. The van der Waals surface area contributed by atoms with Crippen LogP contribution in [0.4, 0.5) is 8.78 Å². The zero-order valence-electron chi connectivity index (χ0n) is 13.2. The first kappa shape index (κ1) is 17.8. The van der Waals surface area contributed by atoms with Crippen molar-refractivity contribution in [2.75, 3.05) is 13.7 Å². The van der Waals surface area contributed by atoms with Crippen LogP contribution in [0.15, 0.2) is 0 Å². The highest BCUT2D eigenvalue weighted by Crippen LogP contribution is 2.40. The first-order valence-corrected chi connectivity index (χ1v) is 8.31. The zero-order valence-corrected chi connectivity index (χ0v) is 14.0. The topological polar surface area (TPSA) is 68.3 Å². The second-order valence-electron chi connectivity index (χ2n) is 5.77. The quantitative estimate of drug-likeness (QED) is 0.804. The van der Waals surface area contributed by atoms with Gasteiger partial charge in [0, 0.05) is 37.1 Å². The van der Waals surface area contributed by atoms with E-state index < -0.39 is 11.9 Å². The first-order chi connectivity index (χ1) is 10.8. The minimum atomic E-state index is -2.62. The molecule has 23 heavy (non-hydrogen) atoms. The fraction of sp³-hybridized carbons (Fsp3) is 0.667. The molecule has 1 unspecified atom stereocenters. The molecule has 0 bridgehead atoms. The Labute approximate surface area is 137 Å². The fourth-order valence-corrected chi connectivity index (χ4v) is 3.62. The molecule has 1 fully saturated rings. The number of alkyl halides is 2. The summed E-state index contributed by atoms with van der Waals surface area (Å²) in [6.07, 6.45) is 0.706. The van der Waals surface area contributed by atoms with E-state index in [9.17, 15) is 18.4 Å². The summed E-state index contributed by atoms with van der Waals surface area (Å²) < 4.78 is 30.8. The number of esters is 1. The van der Waals surface area contributed by atoms with Gasteiger partial charge in [0.15, 0.2) is 5.69 Å². The van der Waals surface area contributed by atoms with Crippen LogP contribution < -0.4 is 5.32 Å². The normalized spacial score (nSPS) is 19.6. The van der Waals surface area contributed by atoms with E-state index in [0.717, 1.165) is 9.88 Å². The SMILES string of the molecule is COC(=O)c1nc(CCNC(=O)CC2CCC(F)(F)C2)sc1C. The van der Waals surface area contributed by atoms with Crippen LogP contribution in [-0.2, 0) is 16.0 Å². The van der Waals surface area contributed by atoms with Crippen LogP contribution in [-0.4, -0.2) is 36.4 Å². The summed E-state index contributed by atoms with van der Waals surface area (Å²) in [4.78, 5) is 28.2. The van der Waals surface area contributed by atoms with E-state index in [2.05, 4.69) is 15.0 Å². The molecule has 1 aromatic rings. The monoisotopic (exact) mass is 346 g/mol. The van der Waals surface area contributed by atoms with Gasteiger partial charge in [0.05, 0.1) is 12.1 Å². The number of methoxy groups -OCH3 is 1. The second kappa shape index (κ2) is 7.33. The number of aromatic nitrogens is 1. The maximum Gasteiger partial charge on any atom is 0.357 e. The number of rotatable bonds is 6. The van der Waals surface area contributed by atoms with Crippen LogP contribution in [0.2, 0.25) is 0 Å². The van der Waals surface area contributed by atoms with E-state index in [0.29, 0.717) is 25.1 Å². The fourth-order valence-electron chi connectivity index (χ4n) is 2.70. The highest BCUT2D eigenvalue weighted by molar-refractivity contribution is 7.11.